The summed E-state index contributed by atoms with van der Waals surface area (Å²) in [6.07, 6.45) is 8.34. The first kappa shape index (κ1) is 18.6. The number of fused-ring (bicyclic) bond motifs is 1. The number of hydrogen-bond acceptors (Lipinski definition) is 6. The lowest BCUT2D eigenvalue weighted by molar-refractivity contribution is 0.189. The molecule has 10 heteroatoms. The number of nitrogens with one attached hydrogen (secondary N) is 1. The highest BCUT2D eigenvalue weighted by Gasteiger charge is 2.45. The minimum atomic E-state index is -3.94. The molecule has 1 aliphatic carbocycles. The van der Waals surface area contributed by atoms with E-state index in [4.69, 9.17) is 4.11 Å². The molecule has 1 spiro atoms. The van der Waals surface area contributed by atoms with Crippen LogP contribution in [0, 0.1) is 5.41 Å². The summed E-state index contributed by atoms with van der Waals surface area (Å²) in [6.45, 7) is -0.975. The van der Waals surface area contributed by atoms with E-state index in [9.17, 15) is 18.3 Å². The maximum Gasteiger partial charge on any atom is 0.274 e. The van der Waals surface area contributed by atoms with Crippen molar-refractivity contribution in [1.29, 1.82) is 0 Å². The number of aromatic nitrogens is 3. The molecule has 2 aliphatic heterocycles. The fraction of sp³-hybridized carbons (Fsp3) is 0.500. The minimum absolute atomic E-state index is 0.0135. The van der Waals surface area contributed by atoms with E-state index in [0.29, 0.717) is 38.7 Å². The Labute approximate surface area is 202 Å². The molecule has 3 aromatic rings. The van der Waals surface area contributed by atoms with Crippen LogP contribution in [-0.2, 0) is 17.0 Å². The highest BCUT2D eigenvalue weighted by molar-refractivity contribution is 7.89. The lowest BCUT2D eigenvalue weighted by Crippen LogP contribution is -2.35. The fourth-order valence-corrected chi connectivity index (χ4v) is 6.81. The van der Waals surface area contributed by atoms with E-state index in [1.807, 2.05) is 0 Å². The molecule has 1 saturated carbocycles. The zero-order valence-corrected chi connectivity index (χ0v) is 19.5. The van der Waals surface area contributed by atoms with Gasteiger partial charge in [-0.2, -0.15) is 4.31 Å². The number of anilines is 1. The Morgan fingerprint density at radius 1 is 1.21 bits per heavy atom. The van der Waals surface area contributed by atoms with E-state index in [1.165, 1.54) is 35.6 Å². The van der Waals surface area contributed by atoms with Gasteiger partial charge in [-0.25, -0.2) is 13.4 Å². The minimum Gasteiger partial charge on any atom is -0.392 e. The number of aliphatic hydroxyl groups is 1. The first-order valence-electron chi connectivity index (χ1n) is 13.2. The first-order valence-corrected chi connectivity index (χ1v) is 13.1. The molecule has 3 aromatic heterocycles. The lowest BCUT2D eigenvalue weighted by Gasteiger charge is -2.34. The van der Waals surface area contributed by atoms with Gasteiger partial charge in [0.1, 0.15) is 16.2 Å². The number of pyridine rings is 2. The summed E-state index contributed by atoms with van der Waals surface area (Å²) < 4.78 is 52.6. The molecule has 180 valence electrons. The SMILES string of the molecule is [2H]C([2H])([2H])n1cc(-c2cc(S(=O)(=O)N3CCC(O)C3)cnc2N2CCC3(CC2)CC3)c2cc[nH]c2c1=O. The molecule has 1 atom stereocenters. The van der Waals surface area contributed by atoms with E-state index in [-0.39, 0.29) is 23.5 Å². The van der Waals surface area contributed by atoms with E-state index < -0.39 is 28.7 Å². The molecule has 2 N–H and O–H groups in total. The van der Waals surface area contributed by atoms with E-state index in [1.54, 1.807) is 12.3 Å². The van der Waals surface area contributed by atoms with Crippen LogP contribution < -0.4 is 10.5 Å². The Bertz CT molecular complexity index is 1530. The number of H-pyrrole nitrogens is 1. The Hall–Kier alpha value is -2.69. The number of hydrogen-bond donors (Lipinski definition) is 2. The van der Waals surface area contributed by atoms with Crippen molar-refractivity contribution in [3.8, 4) is 11.1 Å². The maximum absolute atomic E-state index is 13.4. The van der Waals surface area contributed by atoms with Crippen LogP contribution in [0.1, 0.15) is 36.2 Å². The topological polar surface area (TPSA) is 112 Å². The van der Waals surface area contributed by atoms with Gasteiger partial charge in [0.2, 0.25) is 10.0 Å². The van der Waals surface area contributed by atoms with Crippen LogP contribution in [0.15, 0.2) is 40.4 Å². The van der Waals surface area contributed by atoms with Crippen molar-refractivity contribution < 1.29 is 17.6 Å². The summed E-state index contributed by atoms with van der Waals surface area (Å²) in [5, 5.41) is 10.4. The summed E-state index contributed by atoms with van der Waals surface area (Å²) in [7, 11) is -3.94. The van der Waals surface area contributed by atoms with Gasteiger partial charge < -0.3 is 19.6 Å². The Balaban J connectivity index is 1.54. The lowest BCUT2D eigenvalue weighted by atomic mass is 9.93. The average molecular weight is 487 g/mol. The molecule has 1 unspecified atom stereocenters. The van der Waals surface area contributed by atoms with Crippen LogP contribution in [0.4, 0.5) is 5.82 Å². The monoisotopic (exact) mass is 486 g/mol. The molecular weight excluding hydrogens is 454 g/mol. The molecule has 9 nitrogen and oxygen atoms in total. The fourth-order valence-electron chi connectivity index (χ4n) is 5.34. The highest BCUT2D eigenvalue weighted by Crippen LogP contribution is 2.54. The quantitative estimate of drug-likeness (QED) is 0.584. The van der Waals surface area contributed by atoms with Gasteiger partial charge in [-0.05, 0) is 49.7 Å². The van der Waals surface area contributed by atoms with Crippen LogP contribution in [-0.4, -0.2) is 64.6 Å². The second-order valence-corrected chi connectivity index (χ2v) is 11.8. The van der Waals surface area contributed by atoms with Gasteiger partial charge in [-0.3, -0.25) is 4.79 Å². The van der Waals surface area contributed by atoms with Crippen molar-refractivity contribution in [1.82, 2.24) is 18.8 Å². The van der Waals surface area contributed by atoms with Crippen molar-refractivity contribution in [2.75, 3.05) is 31.1 Å². The molecule has 2 saturated heterocycles. The molecule has 6 rings (SSSR count). The van der Waals surface area contributed by atoms with E-state index in [0.717, 1.165) is 25.9 Å². The van der Waals surface area contributed by atoms with Gasteiger partial charge in [0.15, 0.2) is 0 Å². The van der Waals surface area contributed by atoms with Crippen LogP contribution in [0.25, 0.3) is 22.0 Å². The number of sulfonamides is 1. The predicted molar refractivity (Wildman–Crippen MR) is 129 cm³/mol. The molecule has 0 radical (unpaired) electrons. The van der Waals surface area contributed by atoms with E-state index >= 15 is 0 Å². The number of aryl methyl sites for hydroxylation is 1. The van der Waals surface area contributed by atoms with Gasteiger partial charge in [0.25, 0.3) is 5.56 Å². The number of aliphatic hydroxyl groups excluding tert-OH is 1. The second-order valence-electron chi connectivity index (χ2n) is 9.82. The molecule has 0 amide bonds. The van der Waals surface area contributed by atoms with Gasteiger partial charge in [0, 0.05) is 72.4 Å². The van der Waals surface area contributed by atoms with Crippen molar-refractivity contribution in [3.63, 3.8) is 0 Å². The van der Waals surface area contributed by atoms with Gasteiger partial charge >= 0.3 is 0 Å². The number of β-amino-alcohol motifs (C(OH)–C–C–N with tert-alkyl or cyclic N) is 1. The third-order valence-corrected chi connectivity index (χ3v) is 9.53. The predicted octanol–water partition coefficient (Wildman–Crippen LogP) is 2.06. The van der Waals surface area contributed by atoms with Crippen molar-refractivity contribution in [3.05, 3.63) is 41.1 Å². The van der Waals surface area contributed by atoms with Crippen molar-refractivity contribution >= 4 is 26.7 Å². The summed E-state index contributed by atoms with van der Waals surface area (Å²) in [5.41, 5.74) is 0.738. The molecular formula is C24H29N5O4S. The number of nitrogens with zero attached hydrogens (tertiary/aromatic N) is 4. The molecule has 0 aromatic carbocycles. The normalized spacial score (nSPS) is 24.3. The van der Waals surface area contributed by atoms with E-state index in [2.05, 4.69) is 14.9 Å². The van der Waals surface area contributed by atoms with Crippen molar-refractivity contribution in [2.45, 2.75) is 43.1 Å². The third-order valence-electron chi connectivity index (χ3n) is 7.70. The van der Waals surface area contributed by atoms with Crippen LogP contribution >= 0.6 is 0 Å². The highest BCUT2D eigenvalue weighted by atomic mass is 32.2. The molecule has 3 aliphatic rings. The Morgan fingerprint density at radius 3 is 2.68 bits per heavy atom. The molecule has 0 bridgehead atoms. The van der Waals surface area contributed by atoms with Gasteiger partial charge in [-0.1, -0.05) is 0 Å². The Morgan fingerprint density at radius 2 is 2.00 bits per heavy atom. The van der Waals surface area contributed by atoms with Crippen LogP contribution in [0.3, 0.4) is 0 Å². The average Bonchev–Trinajstić information content (AvgIpc) is 3.21. The van der Waals surface area contributed by atoms with Crippen molar-refractivity contribution in [2.24, 2.45) is 12.4 Å². The smallest absolute Gasteiger partial charge is 0.274 e. The zero-order chi connectivity index (χ0) is 26.2. The van der Waals surface area contributed by atoms with Crippen LogP contribution in [0.5, 0.6) is 0 Å². The number of rotatable bonds is 4. The number of piperidine rings is 1. The summed E-state index contributed by atoms with van der Waals surface area (Å²) in [6, 6.07) is 3.22. The third kappa shape index (κ3) is 3.47. The number of aromatic amines is 1. The van der Waals surface area contributed by atoms with Gasteiger partial charge in [-0.15, -0.1) is 0 Å². The molecule has 5 heterocycles. The summed E-state index contributed by atoms with van der Waals surface area (Å²) >= 11 is 0. The molecule has 34 heavy (non-hydrogen) atoms. The summed E-state index contributed by atoms with van der Waals surface area (Å²) in [5.74, 6) is 0.564. The largest absolute Gasteiger partial charge is 0.392 e. The maximum atomic E-state index is 13.4. The van der Waals surface area contributed by atoms with Gasteiger partial charge in [0.05, 0.1) is 6.10 Å². The first-order chi connectivity index (χ1) is 17.5. The standard InChI is InChI=1S/C24H29N5O4S/c1-27-15-20(18-2-8-25-21(18)23(27)31)19-12-17(34(32,33)29-9-3-16(30)14-29)13-26-22(19)28-10-6-24(4-5-24)7-11-28/h2,8,12-13,15-16,25,30H,3-7,9-11,14H2,1H3/i1D3. The second kappa shape index (κ2) is 7.66. The molecule has 3 fully saturated rings. The Kier molecular flexibility index (Phi) is 4.19. The zero-order valence-electron chi connectivity index (χ0n) is 21.7. The summed E-state index contributed by atoms with van der Waals surface area (Å²) in [4.78, 5) is 22.5. The van der Waals surface area contributed by atoms with Crippen LogP contribution in [0.2, 0.25) is 0 Å².